The number of nitrogens with zero attached hydrogens (tertiary/aromatic N) is 2. The standard InChI is InChI=1S/C27H33N3O4S/c1-18-15-21-16-22(13-14-25(21)30(18)27(32)20-9-5-10-20)35(33,34)29(2)17-26(31)28-24-12-6-8-19-7-3-4-11-23(19)24/h3-4,7,11,13-14,16,18,20,24H,5-6,8-10,12,15,17H2,1-2H3,(H,28,31)/t18-,24-/m1/s1. The van der Waals surface area contributed by atoms with Gasteiger partial charge in [-0.25, -0.2) is 8.42 Å². The van der Waals surface area contributed by atoms with Crippen LogP contribution in [-0.4, -0.2) is 44.2 Å². The van der Waals surface area contributed by atoms with Gasteiger partial charge in [0.1, 0.15) is 0 Å². The summed E-state index contributed by atoms with van der Waals surface area (Å²) >= 11 is 0. The summed E-state index contributed by atoms with van der Waals surface area (Å²) in [4.78, 5) is 27.7. The molecule has 2 atom stereocenters. The Hall–Kier alpha value is -2.71. The van der Waals surface area contributed by atoms with Crippen molar-refractivity contribution in [1.82, 2.24) is 9.62 Å². The van der Waals surface area contributed by atoms with Crippen LogP contribution in [0.15, 0.2) is 47.4 Å². The number of amides is 2. The van der Waals surface area contributed by atoms with Crippen LogP contribution in [0.4, 0.5) is 5.69 Å². The molecule has 35 heavy (non-hydrogen) atoms. The Morgan fingerprint density at radius 1 is 1.06 bits per heavy atom. The number of aryl methyl sites for hydroxylation is 1. The third kappa shape index (κ3) is 4.49. The minimum atomic E-state index is -3.85. The molecule has 3 aliphatic rings. The lowest BCUT2D eigenvalue weighted by Crippen LogP contribution is -2.42. The van der Waals surface area contributed by atoms with Gasteiger partial charge in [-0.3, -0.25) is 9.59 Å². The lowest BCUT2D eigenvalue weighted by Gasteiger charge is -2.32. The number of likely N-dealkylation sites (N-methyl/N-ethyl adjacent to an activating group) is 1. The number of hydrogen-bond donors (Lipinski definition) is 1. The van der Waals surface area contributed by atoms with Gasteiger partial charge in [0, 0.05) is 24.7 Å². The number of hydrogen-bond acceptors (Lipinski definition) is 4. The maximum Gasteiger partial charge on any atom is 0.243 e. The van der Waals surface area contributed by atoms with Crippen molar-refractivity contribution in [2.24, 2.45) is 5.92 Å². The third-order valence-corrected chi connectivity index (χ3v) is 9.54. The molecule has 0 bridgehead atoms. The SMILES string of the molecule is C[C@@H]1Cc2cc(S(=O)(=O)N(C)CC(=O)N[C@@H]3CCCc4ccccc43)ccc2N1C(=O)C1CCC1. The fourth-order valence-electron chi connectivity index (χ4n) is 5.57. The molecule has 0 spiro atoms. The Morgan fingerprint density at radius 2 is 1.83 bits per heavy atom. The number of benzene rings is 2. The summed E-state index contributed by atoms with van der Waals surface area (Å²) in [6.07, 6.45) is 6.42. The molecule has 1 saturated carbocycles. The molecule has 0 radical (unpaired) electrons. The lowest BCUT2D eigenvalue weighted by atomic mass is 9.84. The van der Waals surface area contributed by atoms with Crippen molar-refractivity contribution in [3.05, 3.63) is 59.2 Å². The van der Waals surface area contributed by atoms with Crippen LogP contribution in [-0.2, 0) is 32.5 Å². The summed E-state index contributed by atoms with van der Waals surface area (Å²) in [6, 6.07) is 13.0. The van der Waals surface area contributed by atoms with Crippen molar-refractivity contribution < 1.29 is 18.0 Å². The van der Waals surface area contributed by atoms with Gasteiger partial charge in [-0.15, -0.1) is 0 Å². The minimum Gasteiger partial charge on any atom is -0.348 e. The van der Waals surface area contributed by atoms with Crippen molar-refractivity contribution in [1.29, 1.82) is 0 Å². The molecule has 7 nitrogen and oxygen atoms in total. The molecule has 1 heterocycles. The van der Waals surface area contributed by atoms with E-state index >= 15 is 0 Å². The van der Waals surface area contributed by atoms with Gasteiger partial charge in [0.25, 0.3) is 0 Å². The van der Waals surface area contributed by atoms with Crippen LogP contribution in [0.5, 0.6) is 0 Å². The summed E-state index contributed by atoms with van der Waals surface area (Å²) in [6.45, 7) is 1.76. The quantitative estimate of drug-likeness (QED) is 0.664. The maximum atomic E-state index is 13.3. The Bertz CT molecular complexity index is 1250. The summed E-state index contributed by atoms with van der Waals surface area (Å²) in [7, 11) is -2.42. The molecule has 0 unspecified atom stereocenters. The van der Waals surface area contributed by atoms with Crippen molar-refractivity contribution in [3.63, 3.8) is 0 Å². The van der Waals surface area contributed by atoms with E-state index < -0.39 is 10.0 Å². The average molecular weight is 496 g/mol. The molecule has 186 valence electrons. The highest BCUT2D eigenvalue weighted by atomic mass is 32.2. The Labute approximate surface area is 207 Å². The molecule has 0 aromatic heterocycles. The van der Waals surface area contributed by atoms with E-state index in [0.29, 0.717) is 6.42 Å². The van der Waals surface area contributed by atoms with E-state index in [0.717, 1.165) is 59.6 Å². The number of carbonyl (C=O) groups is 2. The average Bonchev–Trinajstić information content (AvgIpc) is 3.13. The molecule has 0 saturated heterocycles. The van der Waals surface area contributed by atoms with Crippen LogP contribution in [0.3, 0.4) is 0 Å². The Morgan fingerprint density at radius 3 is 2.57 bits per heavy atom. The first-order valence-corrected chi connectivity index (χ1v) is 14.0. The summed E-state index contributed by atoms with van der Waals surface area (Å²) in [5.41, 5.74) is 4.03. The topological polar surface area (TPSA) is 86.8 Å². The predicted molar refractivity (Wildman–Crippen MR) is 135 cm³/mol. The molecular weight excluding hydrogens is 462 g/mol. The molecule has 2 aromatic rings. The number of nitrogens with one attached hydrogen (secondary N) is 1. The van der Waals surface area contributed by atoms with Gasteiger partial charge >= 0.3 is 0 Å². The van der Waals surface area contributed by atoms with Gasteiger partial charge in [-0.1, -0.05) is 30.7 Å². The number of anilines is 1. The van der Waals surface area contributed by atoms with E-state index in [1.165, 1.54) is 12.6 Å². The summed E-state index contributed by atoms with van der Waals surface area (Å²) in [5, 5.41) is 3.03. The van der Waals surface area contributed by atoms with Crippen molar-refractivity contribution in [2.45, 2.75) is 68.8 Å². The van der Waals surface area contributed by atoms with Crippen LogP contribution >= 0.6 is 0 Å². The monoisotopic (exact) mass is 495 g/mol. The van der Waals surface area contributed by atoms with E-state index in [4.69, 9.17) is 0 Å². The highest BCUT2D eigenvalue weighted by molar-refractivity contribution is 7.89. The number of fused-ring (bicyclic) bond motifs is 2. The number of rotatable bonds is 6. The fraction of sp³-hybridized carbons (Fsp3) is 0.481. The lowest BCUT2D eigenvalue weighted by molar-refractivity contribution is -0.125. The highest BCUT2D eigenvalue weighted by Gasteiger charge is 2.38. The summed E-state index contributed by atoms with van der Waals surface area (Å²) in [5.74, 6) is -0.0754. The molecular formula is C27H33N3O4S. The first-order chi connectivity index (χ1) is 16.8. The van der Waals surface area contributed by atoms with Gasteiger partial charge in [0.15, 0.2) is 0 Å². The van der Waals surface area contributed by atoms with E-state index in [1.54, 1.807) is 18.2 Å². The number of sulfonamides is 1. The van der Waals surface area contributed by atoms with Crippen LogP contribution in [0.25, 0.3) is 0 Å². The zero-order valence-corrected chi connectivity index (χ0v) is 21.2. The largest absolute Gasteiger partial charge is 0.348 e. The molecule has 1 aliphatic heterocycles. The molecule has 8 heteroatoms. The van der Waals surface area contributed by atoms with Crippen molar-refractivity contribution >= 4 is 27.5 Å². The second-order valence-corrected chi connectivity index (χ2v) is 12.2. The van der Waals surface area contributed by atoms with E-state index in [-0.39, 0.29) is 41.3 Å². The highest BCUT2D eigenvalue weighted by Crippen LogP contribution is 2.38. The molecule has 5 rings (SSSR count). The van der Waals surface area contributed by atoms with E-state index in [9.17, 15) is 18.0 Å². The first-order valence-electron chi connectivity index (χ1n) is 12.5. The van der Waals surface area contributed by atoms with Crippen molar-refractivity contribution in [3.8, 4) is 0 Å². The fourth-order valence-corrected chi connectivity index (χ4v) is 6.74. The second kappa shape index (κ2) is 9.39. The Kier molecular flexibility index (Phi) is 6.44. The zero-order valence-electron chi connectivity index (χ0n) is 20.4. The molecule has 2 amide bonds. The smallest absolute Gasteiger partial charge is 0.243 e. The van der Waals surface area contributed by atoms with Gasteiger partial charge in [-0.2, -0.15) is 4.31 Å². The van der Waals surface area contributed by atoms with Crippen LogP contribution in [0.1, 0.15) is 61.8 Å². The second-order valence-electron chi connectivity index (χ2n) is 10.2. The molecule has 2 aliphatic carbocycles. The van der Waals surface area contributed by atoms with Crippen LogP contribution < -0.4 is 10.2 Å². The molecule has 1 fully saturated rings. The van der Waals surface area contributed by atoms with Gasteiger partial charge < -0.3 is 10.2 Å². The van der Waals surface area contributed by atoms with Crippen LogP contribution in [0.2, 0.25) is 0 Å². The molecule has 1 N–H and O–H groups in total. The summed E-state index contributed by atoms with van der Waals surface area (Å²) < 4.78 is 27.7. The molecule has 2 aromatic carbocycles. The minimum absolute atomic E-state index is 0.0120. The van der Waals surface area contributed by atoms with Crippen molar-refractivity contribution in [2.75, 3.05) is 18.5 Å². The van der Waals surface area contributed by atoms with E-state index in [1.807, 2.05) is 30.0 Å². The van der Waals surface area contributed by atoms with Gasteiger partial charge in [0.2, 0.25) is 21.8 Å². The van der Waals surface area contributed by atoms with Gasteiger partial charge in [-0.05, 0) is 80.3 Å². The predicted octanol–water partition coefficient (Wildman–Crippen LogP) is 3.58. The Balaban J connectivity index is 1.28. The maximum absolute atomic E-state index is 13.3. The van der Waals surface area contributed by atoms with Gasteiger partial charge in [0.05, 0.1) is 17.5 Å². The van der Waals surface area contributed by atoms with Crippen LogP contribution in [0, 0.1) is 5.92 Å². The zero-order chi connectivity index (χ0) is 24.7. The normalized spacial score (nSPS) is 21.9. The third-order valence-electron chi connectivity index (χ3n) is 7.74. The first kappa shape index (κ1) is 24.0. The number of carbonyl (C=O) groups excluding carboxylic acids is 2. The van der Waals surface area contributed by atoms with E-state index in [2.05, 4.69) is 11.4 Å².